The van der Waals surface area contributed by atoms with E-state index in [9.17, 15) is 0 Å². The van der Waals surface area contributed by atoms with Crippen LogP contribution in [-0.2, 0) is 11.8 Å². The third-order valence-electron chi connectivity index (χ3n) is 3.91. The molecule has 2 heteroatoms. The zero-order valence-corrected chi connectivity index (χ0v) is 10.1. The van der Waals surface area contributed by atoms with Crippen molar-refractivity contribution >= 4 is 11.4 Å². The van der Waals surface area contributed by atoms with Crippen molar-refractivity contribution < 1.29 is 0 Å². The lowest BCUT2D eigenvalue weighted by Gasteiger charge is -2.24. The van der Waals surface area contributed by atoms with Crippen LogP contribution in [0.4, 0.5) is 11.4 Å². The van der Waals surface area contributed by atoms with Crippen molar-refractivity contribution in [1.82, 2.24) is 0 Å². The van der Waals surface area contributed by atoms with Crippen molar-refractivity contribution in [3.05, 3.63) is 22.3 Å². The Bertz CT molecular complexity index is 431. The summed E-state index contributed by atoms with van der Waals surface area (Å²) in [5.74, 6) is 0. The Balaban J connectivity index is 2.82. The van der Waals surface area contributed by atoms with Gasteiger partial charge in [-0.25, -0.2) is 0 Å². The van der Waals surface area contributed by atoms with Crippen LogP contribution in [0, 0.1) is 13.8 Å². The fourth-order valence-electron chi connectivity index (χ4n) is 2.77. The number of benzene rings is 1. The van der Waals surface area contributed by atoms with Crippen molar-refractivity contribution in [2.45, 2.75) is 46.0 Å². The van der Waals surface area contributed by atoms with Gasteiger partial charge in [-0.2, -0.15) is 0 Å². The van der Waals surface area contributed by atoms with Crippen LogP contribution in [0.2, 0.25) is 0 Å². The van der Waals surface area contributed by atoms with E-state index in [1.165, 1.54) is 23.1 Å². The first-order chi connectivity index (χ1) is 6.86. The average Bonchev–Trinajstić information content (AvgIpc) is 2.48. The molecule has 2 rings (SSSR count). The summed E-state index contributed by atoms with van der Waals surface area (Å²) in [6.07, 6.45) is 2.29. The summed E-state index contributed by atoms with van der Waals surface area (Å²) in [7, 11) is 0. The van der Waals surface area contributed by atoms with Crippen molar-refractivity contribution in [2.24, 2.45) is 0 Å². The molecule has 0 spiro atoms. The first-order valence-electron chi connectivity index (χ1n) is 5.53. The van der Waals surface area contributed by atoms with Crippen LogP contribution in [-0.4, -0.2) is 0 Å². The molecule has 0 amide bonds. The second-order valence-electron chi connectivity index (χ2n) is 5.31. The maximum absolute atomic E-state index is 6.20. The van der Waals surface area contributed by atoms with Crippen molar-refractivity contribution in [2.75, 3.05) is 11.5 Å². The Morgan fingerprint density at radius 1 is 1.00 bits per heavy atom. The molecular formula is C13H20N2. The topological polar surface area (TPSA) is 52.0 Å². The molecule has 2 nitrogen and oxygen atoms in total. The van der Waals surface area contributed by atoms with E-state index < -0.39 is 0 Å². The Labute approximate surface area is 91.7 Å². The molecule has 1 aliphatic carbocycles. The quantitative estimate of drug-likeness (QED) is 0.638. The number of hydrogen-bond acceptors (Lipinski definition) is 2. The lowest BCUT2D eigenvalue weighted by molar-refractivity contribution is 0.523. The van der Waals surface area contributed by atoms with Crippen LogP contribution in [0.15, 0.2) is 0 Å². The highest BCUT2D eigenvalue weighted by molar-refractivity contribution is 5.74. The van der Waals surface area contributed by atoms with Crippen molar-refractivity contribution in [1.29, 1.82) is 0 Å². The van der Waals surface area contributed by atoms with E-state index >= 15 is 0 Å². The second-order valence-corrected chi connectivity index (χ2v) is 5.31. The van der Waals surface area contributed by atoms with Crippen molar-refractivity contribution in [3.63, 3.8) is 0 Å². The van der Waals surface area contributed by atoms with Gasteiger partial charge in [0.2, 0.25) is 0 Å². The molecule has 0 saturated carbocycles. The van der Waals surface area contributed by atoms with Crippen LogP contribution in [0.5, 0.6) is 0 Å². The van der Waals surface area contributed by atoms with Crippen LogP contribution in [0.1, 0.15) is 42.5 Å². The molecule has 0 bridgehead atoms. The number of nitrogens with two attached hydrogens (primary N) is 2. The summed E-state index contributed by atoms with van der Waals surface area (Å²) >= 11 is 0. The molecule has 82 valence electrons. The van der Waals surface area contributed by atoms with Crippen LogP contribution in [0.3, 0.4) is 0 Å². The van der Waals surface area contributed by atoms with E-state index in [1.54, 1.807) is 0 Å². The number of nitrogen functional groups attached to an aromatic ring is 2. The number of anilines is 2. The molecule has 0 aliphatic heterocycles. The normalized spacial score (nSPS) is 17.9. The monoisotopic (exact) mass is 204 g/mol. The summed E-state index contributed by atoms with van der Waals surface area (Å²) in [6, 6.07) is 0. The van der Waals surface area contributed by atoms with Crippen LogP contribution >= 0.6 is 0 Å². The average molecular weight is 204 g/mol. The zero-order valence-electron chi connectivity index (χ0n) is 10.1. The minimum atomic E-state index is 0.211. The molecule has 0 heterocycles. The Kier molecular flexibility index (Phi) is 2.00. The summed E-state index contributed by atoms with van der Waals surface area (Å²) in [4.78, 5) is 0. The first-order valence-corrected chi connectivity index (χ1v) is 5.53. The molecular weight excluding hydrogens is 184 g/mol. The summed E-state index contributed by atoms with van der Waals surface area (Å²) in [5.41, 5.74) is 19.3. The van der Waals surface area contributed by atoms with Gasteiger partial charge in [0.25, 0.3) is 0 Å². The molecule has 1 aliphatic rings. The predicted octanol–water partition coefficient (Wildman–Crippen LogP) is 2.69. The van der Waals surface area contributed by atoms with Gasteiger partial charge in [-0.15, -0.1) is 0 Å². The molecule has 0 unspecified atom stereocenters. The highest BCUT2D eigenvalue weighted by atomic mass is 14.7. The smallest absolute Gasteiger partial charge is 0.0405 e. The van der Waals surface area contributed by atoms with Crippen molar-refractivity contribution in [3.8, 4) is 0 Å². The Morgan fingerprint density at radius 2 is 1.60 bits per heavy atom. The van der Waals surface area contributed by atoms with Gasteiger partial charge in [0.1, 0.15) is 0 Å². The first kappa shape index (κ1) is 10.3. The van der Waals surface area contributed by atoms with Gasteiger partial charge < -0.3 is 11.5 Å². The van der Waals surface area contributed by atoms with E-state index in [0.29, 0.717) is 0 Å². The van der Waals surface area contributed by atoms with E-state index in [1.807, 2.05) is 6.92 Å². The van der Waals surface area contributed by atoms with E-state index in [-0.39, 0.29) is 5.41 Å². The lowest BCUT2D eigenvalue weighted by Crippen LogP contribution is -2.16. The fourth-order valence-corrected chi connectivity index (χ4v) is 2.77. The molecule has 15 heavy (non-hydrogen) atoms. The zero-order chi connectivity index (χ0) is 11.4. The molecule has 1 aromatic rings. The predicted molar refractivity (Wildman–Crippen MR) is 66.1 cm³/mol. The maximum Gasteiger partial charge on any atom is 0.0405 e. The highest BCUT2D eigenvalue weighted by Gasteiger charge is 2.34. The molecule has 0 atom stereocenters. The molecule has 0 aromatic heterocycles. The number of hydrogen-bond donors (Lipinski definition) is 2. The van der Waals surface area contributed by atoms with Gasteiger partial charge in [0.05, 0.1) is 0 Å². The summed E-state index contributed by atoms with van der Waals surface area (Å²) in [5, 5.41) is 0. The molecule has 0 radical (unpaired) electrons. The van der Waals surface area contributed by atoms with Gasteiger partial charge in [0, 0.05) is 11.4 Å². The van der Waals surface area contributed by atoms with E-state index in [0.717, 1.165) is 23.4 Å². The molecule has 4 N–H and O–H groups in total. The summed E-state index contributed by atoms with van der Waals surface area (Å²) in [6.45, 7) is 8.67. The molecule has 0 saturated heterocycles. The Hall–Kier alpha value is -1.18. The van der Waals surface area contributed by atoms with Gasteiger partial charge in [0.15, 0.2) is 0 Å². The maximum atomic E-state index is 6.20. The Morgan fingerprint density at radius 3 is 2.20 bits per heavy atom. The molecule has 0 fully saturated rings. The SMILES string of the molecule is Cc1c(N)c(C)c2c(c1N)C(C)(C)CC2. The second kappa shape index (κ2) is 2.91. The number of rotatable bonds is 0. The van der Waals surface area contributed by atoms with E-state index in [2.05, 4.69) is 20.8 Å². The molecule has 1 aromatic carbocycles. The van der Waals surface area contributed by atoms with Crippen LogP contribution < -0.4 is 11.5 Å². The van der Waals surface area contributed by atoms with Gasteiger partial charge in [-0.3, -0.25) is 0 Å². The van der Waals surface area contributed by atoms with Crippen LogP contribution in [0.25, 0.3) is 0 Å². The lowest BCUT2D eigenvalue weighted by atomic mass is 9.83. The minimum Gasteiger partial charge on any atom is -0.398 e. The highest BCUT2D eigenvalue weighted by Crippen LogP contribution is 2.46. The third-order valence-corrected chi connectivity index (χ3v) is 3.91. The summed E-state index contributed by atoms with van der Waals surface area (Å²) < 4.78 is 0. The van der Waals surface area contributed by atoms with E-state index in [4.69, 9.17) is 11.5 Å². The van der Waals surface area contributed by atoms with Gasteiger partial charge in [-0.05, 0) is 54.4 Å². The third kappa shape index (κ3) is 1.24. The fraction of sp³-hybridized carbons (Fsp3) is 0.538. The minimum absolute atomic E-state index is 0.211. The van der Waals surface area contributed by atoms with Gasteiger partial charge >= 0.3 is 0 Å². The number of fused-ring (bicyclic) bond motifs is 1. The standard InChI is InChI=1S/C13H20N2/c1-7-9-5-6-13(3,4)10(9)12(15)8(2)11(7)14/h5-6,14-15H2,1-4H3. The van der Waals surface area contributed by atoms with Gasteiger partial charge in [-0.1, -0.05) is 13.8 Å². The largest absolute Gasteiger partial charge is 0.398 e.